The van der Waals surface area contributed by atoms with Crippen molar-refractivity contribution in [1.29, 1.82) is 0 Å². The number of hydrogen-bond acceptors (Lipinski definition) is 4. The minimum absolute atomic E-state index is 0.0191. The van der Waals surface area contributed by atoms with E-state index in [1.54, 1.807) is 6.20 Å². The molecule has 6 heteroatoms. The second-order valence-electron chi connectivity index (χ2n) is 4.07. The molecular formula is C13H10N4O2. The fourth-order valence-corrected chi connectivity index (χ4v) is 1.85. The summed E-state index contributed by atoms with van der Waals surface area (Å²) in [7, 11) is 0. The summed E-state index contributed by atoms with van der Waals surface area (Å²) in [5.41, 5.74) is 2.22. The summed E-state index contributed by atoms with van der Waals surface area (Å²) in [5.74, 6) is -0.531. The molecule has 1 aromatic carbocycles. The van der Waals surface area contributed by atoms with Crippen molar-refractivity contribution in [3.8, 4) is 5.82 Å². The number of aromatic carboxylic acids is 1. The zero-order valence-corrected chi connectivity index (χ0v) is 10.1. The topological polar surface area (TPSA) is 80.9 Å². The quantitative estimate of drug-likeness (QED) is 0.754. The van der Waals surface area contributed by atoms with Gasteiger partial charge in [0.15, 0.2) is 11.5 Å². The minimum atomic E-state index is -1.06. The molecule has 0 saturated carbocycles. The van der Waals surface area contributed by atoms with Gasteiger partial charge < -0.3 is 5.11 Å². The lowest BCUT2D eigenvalue weighted by atomic mass is 10.3. The average molecular weight is 254 g/mol. The third-order valence-electron chi connectivity index (χ3n) is 2.75. The summed E-state index contributed by atoms with van der Waals surface area (Å²) in [6.45, 7) is 1.82. The van der Waals surface area contributed by atoms with E-state index < -0.39 is 5.97 Å². The standard InChI is InChI=1S/C13H10N4O2/c1-8-12(17-7-6-11(16-17)13(18)19)15-10-5-3-2-4-9(10)14-8/h2-7H,1H3,(H,18,19). The SMILES string of the molecule is Cc1nc2ccccc2nc1-n1ccc(C(=O)O)n1. The van der Waals surface area contributed by atoms with Crippen LogP contribution in [0.2, 0.25) is 0 Å². The highest BCUT2D eigenvalue weighted by Gasteiger charge is 2.11. The van der Waals surface area contributed by atoms with Crippen LogP contribution >= 0.6 is 0 Å². The van der Waals surface area contributed by atoms with Crippen molar-refractivity contribution in [3.05, 3.63) is 47.9 Å². The molecule has 0 spiro atoms. The molecule has 6 nitrogen and oxygen atoms in total. The Balaban J connectivity index is 2.18. The number of aromatic nitrogens is 4. The van der Waals surface area contributed by atoms with Crippen molar-refractivity contribution < 1.29 is 9.90 Å². The molecule has 19 heavy (non-hydrogen) atoms. The van der Waals surface area contributed by atoms with Crippen LogP contribution in [0.3, 0.4) is 0 Å². The third kappa shape index (κ3) is 1.93. The predicted molar refractivity (Wildman–Crippen MR) is 68.4 cm³/mol. The molecule has 0 bridgehead atoms. The van der Waals surface area contributed by atoms with Gasteiger partial charge in [0.25, 0.3) is 0 Å². The average Bonchev–Trinajstić information content (AvgIpc) is 2.87. The Morgan fingerprint density at radius 2 is 1.84 bits per heavy atom. The zero-order valence-electron chi connectivity index (χ0n) is 10.1. The van der Waals surface area contributed by atoms with Crippen molar-refractivity contribution in [1.82, 2.24) is 19.7 Å². The zero-order chi connectivity index (χ0) is 13.4. The van der Waals surface area contributed by atoms with Gasteiger partial charge in [0, 0.05) is 6.20 Å². The summed E-state index contributed by atoms with van der Waals surface area (Å²) in [5, 5.41) is 12.8. The van der Waals surface area contributed by atoms with Gasteiger partial charge in [-0.1, -0.05) is 12.1 Å². The van der Waals surface area contributed by atoms with Gasteiger partial charge in [0.2, 0.25) is 0 Å². The van der Waals surface area contributed by atoms with Gasteiger partial charge in [-0.15, -0.1) is 0 Å². The fourth-order valence-electron chi connectivity index (χ4n) is 1.85. The van der Waals surface area contributed by atoms with E-state index in [9.17, 15) is 4.79 Å². The molecule has 0 aliphatic carbocycles. The van der Waals surface area contributed by atoms with Crippen molar-refractivity contribution in [2.24, 2.45) is 0 Å². The van der Waals surface area contributed by atoms with E-state index in [4.69, 9.17) is 5.11 Å². The highest BCUT2D eigenvalue weighted by Crippen LogP contribution is 2.15. The maximum absolute atomic E-state index is 10.8. The van der Waals surface area contributed by atoms with Gasteiger partial charge in [-0.2, -0.15) is 5.10 Å². The molecule has 0 saturated heterocycles. The molecule has 0 amide bonds. The number of rotatable bonds is 2. The van der Waals surface area contributed by atoms with Gasteiger partial charge in [-0.3, -0.25) is 0 Å². The Kier molecular flexibility index (Phi) is 2.49. The highest BCUT2D eigenvalue weighted by atomic mass is 16.4. The lowest BCUT2D eigenvalue weighted by Crippen LogP contribution is -2.06. The van der Waals surface area contributed by atoms with Crippen molar-refractivity contribution in [3.63, 3.8) is 0 Å². The van der Waals surface area contributed by atoms with E-state index in [1.165, 1.54) is 10.7 Å². The summed E-state index contributed by atoms with van der Waals surface area (Å²) in [4.78, 5) is 19.7. The number of benzene rings is 1. The maximum Gasteiger partial charge on any atom is 0.356 e. The fraction of sp³-hybridized carbons (Fsp3) is 0.0769. The van der Waals surface area contributed by atoms with Gasteiger partial charge in [-0.25, -0.2) is 19.4 Å². The molecule has 2 heterocycles. The summed E-state index contributed by atoms with van der Waals surface area (Å²) in [6, 6.07) is 8.94. The van der Waals surface area contributed by atoms with Crippen LogP contribution in [0.5, 0.6) is 0 Å². The minimum Gasteiger partial charge on any atom is -0.476 e. The van der Waals surface area contributed by atoms with E-state index in [-0.39, 0.29) is 5.69 Å². The Labute approximate surface area is 108 Å². The van der Waals surface area contributed by atoms with Gasteiger partial charge in [-0.05, 0) is 25.1 Å². The van der Waals surface area contributed by atoms with Crippen LogP contribution in [-0.2, 0) is 0 Å². The largest absolute Gasteiger partial charge is 0.476 e. The molecule has 0 unspecified atom stereocenters. The normalized spacial score (nSPS) is 10.8. The molecule has 94 valence electrons. The van der Waals surface area contributed by atoms with Crippen LogP contribution < -0.4 is 0 Å². The lowest BCUT2D eigenvalue weighted by Gasteiger charge is -2.05. The van der Waals surface area contributed by atoms with E-state index in [0.717, 1.165) is 11.0 Å². The molecule has 0 atom stereocenters. The Morgan fingerprint density at radius 3 is 2.47 bits per heavy atom. The summed E-state index contributed by atoms with van der Waals surface area (Å²) in [6.07, 6.45) is 1.56. The van der Waals surface area contributed by atoms with Crippen LogP contribution in [0.25, 0.3) is 16.9 Å². The first-order valence-corrected chi connectivity index (χ1v) is 5.68. The highest BCUT2D eigenvalue weighted by molar-refractivity contribution is 5.85. The molecule has 0 aliphatic heterocycles. The van der Waals surface area contributed by atoms with Crippen molar-refractivity contribution in [2.45, 2.75) is 6.92 Å². The number of nitrogens with zero attached hydrogens (tertiary/aromatic N) is 4. The van der Waals surface area contributed by atoms with Gasteiger partial charge >= 0.3 is 5.97 Å². The number of hydrogen-bond donors (Lipinski definition) is 1. The first-order chi connectivity index (χ1) is 9.15. The van der Waals surface area contributed by atoms with Crippen LogP contribution in [0.1, 0.15) is 16.2 Å². The first-order valence-electron chi connectivity index (χ1n) is 5.68. The lowest BCUT2D eigenvalue weighted by molar-refractivity contribution is 0.0690. The summed E-state index contributed by atoms with van der Waals surface area (Å²) < 4.78 is 1.43. The van der Waals surface area contributed by atoms with Gasteiger partial charge in [0.1, 0.15) is 0 Å². The second kappa shape index (κ2) is 4.16. The van der Waals surface area contributed by atoms with E-state index in [1.807, 2.05) is 31.2 Å². The van der Waals surface area contributed by atoms with E-state index in [2.05, 4.69) is 15.1 Å². The van der Waals surface area contributed by atoms with Gasteiger partial charge in [0.05, 0.1) is 16.7 Å². The molecule has 0 fully saturated rings. The van der Waals surface area contributed by atoms with Crippen molar-refractivity contribution in [2.75, 3.05) is 0 Å². The number of aryl methyl sites for hydroxylation is 1. The molecule has 0 aliphatic rings. The van der Waals surface area contributed by atoms with E-state index >= 15 is 0 Å². The number of carbonyl (C=O) groups is 1. The predicted octanol–water partition coefficient (Wildman–Crippen LogP) is 1.82. The molecule has 1 N–H and O–H groups in total. The Hall–Kier alpha value is -2.76. The van der Waals surface area contributed by atoms with Crippen molar-refractivity contribution >= 4 is 17.0 Å². The van der Waals surface area contributed by atoms with Crippen LogP contribution in [-0.4, -0.2) is 30.8 Å². The first kappa shape index (κ1) is 11.3. The Morgan fingerprint density at radius 1 is 1.16 bits per heavy atom. The van der Waals surface area contributed by atoms with E-state index in [0.29, 0.717) is 11.5 Å². The third-order valence-corrected chi connectivity index (χ3v) is 2.75. The Bertz CT molecular complexity index is 779. The molecule has 3 rings (SSSR count). The molecule has 2 aromatic heterocycles. The number of carboxylic acids is 1. The number of fused-ring (bicyclic) bond motifs is 1. The monoisotopic (exact) mass is 254 g/mol. The second-order valence-corrected chi connectivity index (χ2v) is 4.07. The summed E-state index contributed by atoms with van der Waals surface area (Å²) >= 11 is 0. The number of para-hydroxylation sites is 2. The number of carboxylic acid groups (broad SMARTS) is 1. The molecule has 0 radical (unpaired) electrons. The van der Waals surface area contributed by atoms with Crippen LogP contribution in [0.15, 0.2) is 36.5 Å². The molecule has 3 aromatic rings. The smallest absolute Gasteiger partial charge is 0.356 e. The maximum atomic E-state index is 10.8. The molecular weight excluding hydrogens is 244 g/mol. The van der Waals surface area contributed by atoms with Crippen LogP contribution in [0.4, 0.5) is 0 Å². The van der Waals surface area contributed by atoms with Crippen LogP contribution in [0, 0.1) is 6.92 Å².